The van der Waals surface area contributed by atoms with E-state index in [1.807, 2.05) is 6.92 Å². The molecule has 1 aromatic carbocycles. The summed E-state index contributed by atoms with van der Waals surface area (Å²) in [6.07, 6.45) is 4.00. The van der Waals surface area contributed by atoms with Crippen LogP contribution in [-0.2, 0) is 16.6 Å². The van der Waals surface area contributed by atoms with E-state index in [4.69, 9.17) is 23.2 Å². The number of benzene rings is 1. The van der Waals surface area contributed by atoms with Crippen LogP contribution in [0.3, 0.4) is 0 Å². The smallest absolute Gasteiger partial charge is 0.242 e. The molecular formula is C14H18Cl2N2O2S. The van der Waals surface area contributed by atoms with E-state index in [1.165, 1.54) is 6.07 Å². The molecule has 0 radical (unpaired) electrons. The lowest BCUT2D eigenvalue weighted by Gasteiger charge is -2.16. The van der Waals surface area contributed by atoms with Gasteiger partial charge in [0, 0.05) is 28.7 Å². The SMILES string of the molecule is CC1(NS(=O)(=O)c2ccc(Cl)c(CNC3CC3)c2Cl)CC1. The van der Waals surface area contributed by atoms with Crippen molar-refractivity contribution in [3.05, 3.63) is 27.7 Å². The van der Waals surface area contributed by atoms with Crippen molar-refractivity contribution in [3.8, 4) is 0 Å². The van der Waals surface area contributed by atoms with E-state index >= 15 is 0 Å². The Labute approximate surface area is 135 Å². The Morgan fingerprint density at radius 1 is 1.29 bits per heavy atom. The molecule has 2 aliphatic carbocycles. The van der Waals surface area contributed by atoms with Crippen molar-refractivity contribution in [1.82, 2.24) is 10.0 Å². The minimum atomic E-state index is -3.62. The van der Waals surface area contributed by atoms with E-state index in [0.29, 0.717) is 23.2 Å². The third-order valence-corrected chi connectivity index (χ3v) is 6.54. The largest absolute Gasteiger partial charge is 0.310 e. The fraction of sp³-hybridized carbons (Fsp3) is 0.571. The number of sulfonamides is 1. The Morgan fingerprint density at radius 2 is 1.95 bits per heavy atom. The predicted molar refractivity (Wildman–Crippen MR) is 84.3 cm³/mol. The number of hydrogen-bond acceptors (Lipinski definition) is 3. The number of halogens is 2. The normalized spacial score (nSPS) is 20.5. The van der Waals surface area contributed by atoms with Crippen LogP contribution >= 0.6 is 23.2 Å². The molecule has 2 aliphatic rings. The highest BCUT2D eigenvalue weighted by Crippen LogP contribution is 2.38. The maximum Gasteiger partial charge on any atom is 0.242 e. The van der Waals surface area contributed by atoms with Gasteiger partial charge in [-0.25, -0.2) is 13.1 Å². The van der Waals surface area contributed by atoms with Crippen LogP contribution in [0.25, 0.3) is 0 Å². The van der Waals surface area contributed by atoms with Gasteiger partial charge < -0.3 is 5.32 Å². The quantitative estimate of drug-likeness (QED) is 0.830. The highest BCUT2D eigenvalue weighted by molar-refractivity contribution is 7.89. The molecule has 0 amide bonds. The number of rotatable bonds is 6. The van der Waals surface area contributed by atoms with Gasteiger partial charge in [-0.1, -0.05) is 23.2 Å². The third kappa shape index (κ3) is 3.54. The van der Waals surface area contributed by atoms with Gasteiger partial charge >= 0.3 is 0 Å². The molecule has 0 bridgehead atoms. The molecular weight excluding hydrogens is 331 g/mol. The van der Waals surface area contributed by atoms with E-state index in [0.717, 1.165) is 25.7 Å². The van der Waals surface area contributed by atoms with Gasteiger partial charge in [-0.2, -0.15) is 0 Å². The molecule has 0 spiro atoms. The Morgan fingerprint density at radius 3 is 2.52 bits per heavy atom. The summed E-state index contributed by atoms with van der Waals surface area (Å²) in [7, 11) is -3.62. The van der Waals surface area contributed by atoms with Crippen LogP contribution in [0.4, 0.5) is 0 Å². The molecule has 1 aromatic rings. The van der Waals surface area contributed by atoms with Crippen LogP contribution in [0.2, 0.25) is 10.0 Å². The molecule has 116 valence electrons. The molecule has 0 unspecified atom stereocenters. The lowest BCUT2D eigenvalue weighted by Crippen LogP contribution is -2.34. The Bertz CT molecular complexity index is 668. The van der Waals surface area contributed by atoms with Crippen LogP contribution in [0, 0.1) is 0 Å². The zero-order valence-electron chi connectivity index (χ0n) is 11.7. The Kier molecular flexibility index (Phi) is 3.99. The molecule has 7 heteroatoms. The Hall–Kier alpha value is -0.330. The first-order valence-electron chi connectivity index (χ1n) is 7.05. The van der Waals surface area contributed by atoms with Crippen molar-refractivity contribution in [2.75, 3.05) is 0 Å². The van der Waals surface area contributed by atoms with Gasteiger partial charge in [-0.15, -0.1) is 0 Å². The molecule has 0 saturated heterocycles. The highest BCUT2D eigenvalue weighted by atomic mass is 35.5. The maximum atomic E-state index is 12.5. The van der Waals surface area contributed by atoms with Crippen LogP contribution in [0.15, 0.2) is 17.0 Å². The minimum Gasteiger partial charge on any atom is -0.310 e. The van der Waals surface area contributed by atoms with E-state index in [-0.39, 0.29) is 15.5 Å². The lowest BCUT2D eigenvalue weighted by molar-refractivity contribution is 0.558. The zero-order chi connectivity index (χ0) is 15.3. The van der Waals surface area contributed by atoms with Gasteiger partial charge in [0.25, 0.3) is 0 Å². The second-order valence-corrected chi connectivity index (χ2v) is 8.60. The second-order valence-electron chi connectivity index (χ2n) is 6.16. The summed E-state index contributed by atoms with van der Waals surface area (Å²) in [6, 6.07) is 3.57. The van der Waals surface area contributed by atoms with E-state index in [2.05, 4.69) is 10.0 Å². The highest BCUT2D eigenvalue weighted by Gasteiger charge is 2.41. The fourth-order valence-electron chi connectivity index (χ4n) is 2.15. The molecule has 0 heterocycles. The molecule has 0 aromatic heterocycles. The molecule has 21 heavy (non-hydrogen) atoms. The fourth-order valence-corrected chi connectivity index (χ4v) is 4.53. The summed E-state index contributed by atoms with van der Waals surface area (Å²) in [4.78, 5) is 0.106. The van der Waals surface area contributed by atoms with Crippen LogP contribution < -0.4 is 10.0 Å². The lowest BCUT2D eigenvalue weighted by atomic mass is 10.2. The average Bonchev–Trinajstić information content (AvgIpc) is 3.27. The number of nitrogens with one attached hydrogen (secondary N) is 2. The van der Waals surface area contributed by atoms with Gasteiger partial charge in [0.05, 0.1) is 5.02 Å². The van der Waals surface area contributed by atoms with Crippen molar-refractivity contribution >= 4 is 33.2 Å². The first-order chi connectivity index (χ1) is 9.81. The topological polar surface area (TPSA) is 58.2 Å². The van der Waals surface area contributed by atoms with Crippen molar-refractivity contribution in [1.29, 1.82) is 0 Å². The molecule has 3 rings (SSSR count). The predicted octanol–water partition coefficient (Wildman–Crippen LogP) is 3.08. The van der Waals surface area contributed by atoms with E-state index in [9.17, 15) is 8.42 Å². The van der Waals surface area contributed by atoms with E-state index in [1.54, 1.807) is 6.07 Å². The molecule has 4 nitrogen and oxygen atoms in total. The second kappa shape index (κ2) is 5.39. The third-order valence-electron chi connectivity index (χ3n) is 3.97. The monoisotopic (exact) mass is 348 g/mol. The molecule has 2 N–H and O–H groups in total. The summed E-state index contributed by atoms with van der Waals surface area (Å²) >= 11 is 12.5. The number of hydrogen-bond donors (Lipinski definition) is 2. The molecule has 0 atom stereocenters. The van der Waals surface area contributed by atoms with Crippen LogP contribution in [-0.4, -0.2) is 20.0 Å². The van der Waals surface area contributed by atoms with Crippen molar-refractivity contribution in [3.63, 3.8) is 0 Å². The van der Waals surface area contributed by atoms with Gasteiger partial charge in [-0.3, -0.25) is 0 Å². The Balaban J connectivity index is 1.88. The maximum absolute atomic E-state index is 12.5. The average molecular weight is 349 g/mol. The van der Waals surface area contributed by atoms with Crippen LogP contribution in [0.1, 0.15) is 38.2 Å². The summed E-state index contributed by atoms with van der Waals surface area (Å²) in [5.74, 6) is 0. The minimum absolute atomic E-state index is 0.106. The van der Waals surface area contributed by atoms with E-state index < -0.39 is 10.0 Å². The van der Waals surface area contributed by atoms with Gasteiger partial charge in [0.15, 0.2) is 0 Å². The first kappa shape index (κ1) is 15.6. The zero-order valence-corrected chi connectivity index (χ0v) is 14.1. The van der Waals surface area contributed by atoms with Crippen molar-refractivity contribution < 1.29 is 8.42 Å². The standard InChI is InChI=1S/C14H18Cl2N2O2S/c1-14(6-7-14)18-21(19,20)12-5-4-11(15)10(13(12)16)8-17-9-2-3-9/h4-5,9,17-18H,2-3,6-8H2,1H3. The first-order valence-corrected chi connectivity index (χ1v) is 9.29. The molecule has 2 fully saturated rings. The van der Waals surface area contributed by atoms with Crippen molar-refractivity contribution in [2.24, 2.45) is 0 Å². The van der Waals surface area contributed by atoms with Gasteiger partial charge in [-0.05, 0) is 44.7 Å². The van der Waals surface area contributed by atoms with Crippen LogP contribution in [0.5, 0.6) is 0 Å². The summed E-state index contributed by atoms with van der Waals surface area (Å²) in [5.41, 5.74) is 0.322. The summed E-state index contributed by atoms with van der Waals surface area (Å²) in [6.45, 7) is 2.38. The summed E-state index contributed by atoms with van der Waals surface area (Å²) in [5, 5.41) is 4.02. The molecule has 2 saturated carbocycles. The van der Waals surface area contributed by atoms with Gasteiger partial charge in [0.1, 0.15) is 4.90 Å². The van der Waals surface area contributed by atoms with Gasteiger partial charge in [0.2, 0.25) is 10.0 Å². The molecule has 0 aliphatic heterocycles. The summed E-state index contributed by atoms with van der Waals surface area (Å²) < 4.78 is 27.6. The van der Waals surface area contributed by atoms with Crippen molar-refractivity contribution in [2.45, 2.75) is 55.6 Å².